The molecular formula is C69H122Li2O9Si10. The first kappa shape index (κ1) is 90.5. The maximum absolute atomic E-state index is 12.4. The summed E-state index contributed by atoms with van der Waals surface area (Å²) in [5.74, 6) is 2.14. The molecule has 9 nitrogen and oxygen atoms in total. The molecule has 4 aromatic rings. The van der Waals surface area contributed by atoms with Crippen LogP contribution in [0.25, 0.3) is 6.08 Å². The van der Waals surface area contributed by atoms with E-state index in [1.54, 1.807) is 17.1 Å². The minimum atomic E-state index is -2.36. The molecule has 90 heavy (non-hydrogen) atoms. The molecule has 0 spiro atoms. The molecule has 0 N–H and O–H groups in total. The molecule has 0 radical (unpaired) electrons. The summed E-state index contributed by atoms with van der Waals surface area (Å²) >= 11 is 0. The molecule has 2 aliphatic heterocycles. The van der Waals surface area contributed by atoms with Crippen LogP contribution in [0.1, 0.15) is 113 Å². The van der Waals surface area contributed by atoms with Gasteiger partial charge in [0.1, 0.15) is 0 Å². The van der Waals surface area contributed by atoms with Gasteiger partial charge < -0.3 is 37.7 Å². The molecule has 4 aromatic carbocycles. The maximum Gasteiger partial charge on any atom is 1.00 e. The molecule has 0 bridgehead atoms. The Labute approximate surface area is 587 Å². The van der Waals surface area contributed by atoms with E-state index in [-0.39, 0.29) is 43.3 Å². The molecule has 2 aliphatic rings. The van der Waals surface area contributed by atoms with E-state index >= 15 is 0 Å². The Bertz CT molecular complexity index is 2530. The Hall–Kier alpha value is -1.55. The van der Waals surface area contributed by atoms with Crippen molar-refractivity contribution in [3.8, 4) is 0 Å². The van der Waals surface area contributed by atoms with Crippen molar-refractivity contribution in [2.45, 2.75) is 202 Å². The van der Waals surface area contributed by atoms with Gasteiger partial charge >= 0.3 is 97.6 Å². The van der Waals surface area contributed by atoms with Gasteiger partial charge in [-0.05, 0) is 153 Å². The molecule has 6 rings (SSSR count). The van der Waals surface area contributed by atoms with Crippen molar-refractivity contribution < 1.29 is 75.4 Å². The average Bonchev–Trinajstić information content (AvgIpc) is 0.849. The third kappa shape index (κ3) is 36.5. The van der Waals surface area contributed by atoms with Gasteiger partial charge in [-0.15, -0.1) is 38.4 Å². The molecule has 6 atom stereocenters. The van der Waals surface area contributed by atoms with Crippen LogP contribution in [0.15, 0.2) is 177 Å². The monoisotopic (exact) mass is 1390 g/mol. The van der Waals surface area contributed by atoms with Crippen molar-refractivity contribution in [3.63, 3.8) is 0 Å². The summed E-state index contributed by atoms with van der Waals surface area (Å²) in [6, 6.07) is 41.8. The molecule has 2 saturated heterocycles. The normalized spacial score (nSPS) is 22.0. The van der Waals surface area contributed by atoms with Gasteiger partial charge in [-0.25, -0.2) is 0 Å². The fourth-order valence-corrected chi connectivity index (χ4v) is 54.4. The Morgan fingerprint density at radius 3 is 1.08 bits per heavy atom. The van der Waals surface area contributed by atoms with Crippen LogP contribution in [0.3, 0.4) is 0 Å². The van der Waals surface area contributed by atoms with Crippen molar-refractivity contribution in [2.75, 3.05) is 0 Å². The van der Waals surface area contributed by atoms with Crippen LogP contribution in [-0.4, -0.2) is 84.9 Å². The van der Waals surface area contributed by atoms with E-state index in [0.717, 1.165) is 18.8 Å². The van der Waals surface area contributed by atoms with Gasteiger partial charge in [-0.3, -0.25) is 0 Å². The van der Waals surface area contributed by atoms with E-state index in [2.05, 4.69) is 232 Å². The van der Waals surface area contributed by atoms with Crippen LogP contribution in [0, 0.1) is 24.2 Å². The van der Waals surface area contributed by atoms with Crippen molar-refractivity contribution in [1.29, 1.82) is 0 Å². The van der Waals surface area contributed by atoms with Crippen molar-refractivity contribution >= 4 is 91.0 Å². The minimum absolute atomic E-state index is 0. The second kappa shape index (κ2) is 41.5. The van der Waals surface area contributed by atoms with Gasteiger partial charge in [0.05, 0.1) is 0 Å². The molecular weight excluding hydrogens is 1270 g/mol. The molecule has 6 unspecified atom stereocenters. The zero-order valence-corrected chi connectivity index (χ0v) is 71.4. The Kier molecular flexibility index (Phi) is 41.8. The third-order valence-corrected chi connectivity index (χ3v) is 52.0. The van der Waals surface area contributed by atoms with E-state index in [4.69, 9.17) is 32.9 Å². The summed E-state index contributed by atoms with van der Waals surface area (Å²) < 4.78 is 48.8. The number of hydrogen-bond acceptors (Lipinski definition) is 9. The summed E-state index contributed by atoms with van der Waals surface area (Å²) in [6.45, 7) is 68.6. The van der Waals surface area contributed by atoms with Crippen LogP contribution in [0.4, 0.5) is 0 Å². The van der Waals surface area contributed by atoms with E-state index in [0.29, 0.717) is 17.4 Å². The van der Waals surface area contributed by atoms with Crippen LogP contribution in [0.5, 0.6) is 0 Å². The molecule has 2 heterocycles. The minimum Gasteiger partial charge on any atom is -0.858 e. The van der Waals surface area contributed by atoms with Gasteiger partial charge in [-0.2, -0.15) is 24.1 Å². The number of benzene rings is 4. The van der Waals surface area contributed by atoms with E-state index in [1.807, 2.05) is 93.0 Å². The molecule has 494 valence electrons. The predicted molar refractivity (Wildman–Crippen MR) is 404 cm³/mol. The van der Waals surface area contributed by atoms with Crippen molar-refractivity contribution in [2.24, 2.45) is 17.8 Å². The molecule has 0 aliphatic carbocycles. The summed E-state index contributed by atoms with van der Waals surface area (Å²) in [5.41, 5.74) is 13.2. The number of hydrogen-bond donors (Lipinski definition) is 0. The van der Waals surface area contributed by atoms with Crippen molar-refractivity contribution in [1.82, 2.24) is 0 Å². The molecule has 0 amide bonds. The molecule has 0 aromatic heterocycles. The predicted octanol–water partition coefficient (Wildman–Crippen LogP) is 14.5. The summed E-state index contributed by atoms with van der Waals surface area (Å²) in [5, 5.41) is 0. The fraction of sp³-hybridized carbons (Fsp3) is 0.493. The Morgan fingerprint density at radius 2 is 0.789 bits per heavy atom. The van der Waals surface area contributed by atoms with Crippen LogP contribution in [0.2, 0.25) is 111 Å². The average molecular weight is 1390 g/mol. The van der Waals surface area contributed by atoms with Gasteiger partial charge in [0, 0.05) is 5.54 Å². The first-order chi connectivity index (χ1) is 40.6. The SMILES string of the molecule is C=C[Si](C)(O[Si](C)(C)C)O[Si](C)(C)C(CC(C)CC)c1ccccc1.C=C[Si]1(C)O[Si](C)(C=C)O[Si](C)(C=C)O1.C=Cc1ccccc1.CCC(C)CC(c1ccccc1)[Si](C)(C)[O-].CCC(C)C[CH-]c1ccccc1.C[Si]1(C)O[Si](C)(C)O[Si](C)(C)O1.[Li+].[Li+]. The molecule has 0 saturated carbocycles. The topological polar surface area (TPSA) is 96.9 Å². The second-order valence-electron chi connectivity index (χ2n) is 27.6. The van der Waals surface area contributed by atoms with Gasteiger partial charge in [-0.1, -0.05) is 219 Å². The quantitative estimate of drug-likeness (QED) is 0.0531. The van der Waals surface area contributed by atoms with E-state index < -0.39 is 84.9 Å². The number of rotatable bonds is 23. The molecule has 21 heteroatoms. The van der Waals surface area contributed by atoms with Gasteiger partial charge in [0.15, 0.2) is 16.6 Å². The van der Waals surface area contributed by atoms with Crippen LogP contribution >= 0.6 is 0 Å². The van der Waals surface area contributed by atoms with Gasteiger partial charge in [0.2, 0.25) is 0 Å². The van der Waals surface area contributed by atoms with E-state index in [1.165, 1.54) is 47.9 Å². The first-order valence-corrected chi connectivity index (χ1v) is 59.5. The van der Waals surface area contributed by atoms with Crippen LogP contribution < -0.4 is 42.5 Å². The molecule has 2 fully saturated rings. The Balaban J connectivity index is 0. The zero-order chi connectivity index (χ0) is 67.5. The third-order valence-electron chi connectivity index (χ3n) is 15.2. The van der Waals surface area contributed by atoms with Crippen molar-refractivity contribution in [3.05, 3.63) is 206 Å². The summed E-state index contributed by atoms with van der Waals surface area (Å²) in [6.07, 6.45) is 11.2. The largest absolute Gasteiger partial charge is 1.00 e. The van der Waals surface area contributed by atoms with Gasteiger partial charge in [0.25, 0.3) is 0 Å². The first-order valence-electron chi connectivity index (χ1n) is 32.1. The summed E-state index contributed by atoms with van der Waals surface area (Å²) in [7, 11) is -20.9. The second-order valence-corrected chi connectivity index (χ2v) is 64.3. The summed E-state index contributed by atoms with van der Waals surface area (Å²) in [4.78, 5) is 12.4. The van der Waals surface area contributed by atoms with Crippen LogP contribution in [-0.2, 0) is 32.9 Å². The smallest absolute Gasteiger partial charge is 0.858 e. The Morgan fingerprint density at radius 1 is 0.467 bits per heavy atom. The maximum atomic E-state index is 12.4. The fourth-order valence-electron chi connectivity index (χ4n) is 10.5. The van der Waals surface area contributed by atoms with E-state index in [9.17, 15) is 4.80 Å². The standard InChI is InChI=1S/C20H38O2Si3.C14H23OSi.C12H17.C9H18O3Si3.C8H8.C6H18O3Si3.2Li/c1-10-18(3)17-20(19-15-13-12-14-16-19)24(7,8)22-25(9,11-2)21-23(4,5)6;1-5-12(2)11-14(16(3,4)15)13-9-7-6-8-10-13;1-3-11(2)9-10-12-7-5-4-6-8-12;1-7-13(4)10-14(5,8-2)12-15(6,9-3)11-13;1-2-8-6-4-3-5-7-8;1-10(2)7-11(3,4)9-12(5,6)8-10;;/h11-16,18,20H,2,10,17H2,1,3-9H3;6-10,12,14H,5,11H2,1-4H3;4-8,10-11H,3,9H2,1-2H3;7-9H,1-3H2,4-6H3;2-7H,1H2;1-6H3;;/q;2*-1;;;;2*+1. The zero-order valence-electron chi connectivity index (χ0n) is 61.4.